The molecule has 3 rings (SSSR count). The van der Waals surface area contributed by atoms with E-state index in [4.69, 9.17) is 4.74 Å². The second kappa shape index (κ2) is 7.41. The van der Waals surface area contributed by atoms with Crippen molar-refractivity contribution < 1.29 is 17.5 Å². The molecule has 2 aromatic rings. The van der Waals surface area contributed by atoms with E-state index in [1.54, 1.807) is 0 Å². The van der Waals surface area contributed by atoms with Crippen LogP contribution in [0, 0.1) is 5.82 Å². The minimum atomic E-state index is -3.68. The number of halogens is 1. The topological polar surface area (TPSA) is 49.9 Å². The summed E-state index contributed by atoms with van der Waals surface area (Å²) < 4.78 is 45.8. The number of benzene rings is 2. The highest BCUT2D eigenvalue weighted by Gasteiger charge is 2.29. The molecule has 0 saturated carbocycles. The first-order chi connectivity index (χ1) is 12.0. The average molecular weight is 364 g/mol. The number of ether oxygens (including phenoxy) is 1. The second-order valence-corrected chi connectivity index (χ2v) is 7.69. The molecule has 0 amide bonds. The molecule has 0 aliphatic carbocycles. The van der Waals surface area contributed by atoms with Gasteiger partial charge in [-0.15, -0.1) is 0 Å². The van der Waals surface area contributed by atoms with Crippen molar-refractivity contribution in [2.75, 3.05) is 37.7 Å². The summed E-state index contributed by atoms with van der Waals surface area (Å²) in [4.78, 5) is 2.11. The number of nitrogens with zero attached hydrogens (tertiary/aromatic N) is 2. The van der Waals surface area contributed by atoms with Crippen LogP contribution in [-0.4, -0.2) is 45.5 Å². The SMILES string of the molecule is CCOc1ccccc1N1CCN(S(=O)(=O)c2cccc(F)c2)CC1. The van der Waals surface area contributed by atoms with E-state index in [-0.39, 0.29) is 4.90 Å². The molecular formula is C18H21FN2O3S. The molecule has 0 N–H and O–H groups in total. The Morgan fingerprint density at radius 3 is 2.44 bits per heavy atom. The van der Waals surface area contributed by atoms with Crippen molar-refractivity contribution in [1.29, 1.82) is 0 Å². The Kier molecular flexibility index (Phi) is 5.24. The first-order valence-electron chi connectivity index (χ1n) is 8.25. The Hall–Kier alpha value is -2.12. The largest absolute Gasteiger partial charge is 0.492 e. The quantitative estimate of drug-likeness (QED) is 0.819. The Morgan fingerprint density at radius 2 is 1.76 bits per heavy atom. The Balaban J connectivity index is 1.74. The maximum absolute atomic E-state index is 13.4. The summed E-state index contributed by atoms with van der Waals surface area (Å²) in [6.07, 6.45) is 0. The van der Waals surface area contributed by atoms with Gasteiger partial charge in [-0.2, -0.15) is 4.31 Å². The van der Waals surface area contributed by atoms with Crippen LogP contribution < -0.4 is 9.64 Å². The van der Waals surface area contributed by atoms with E-state index in [1.165, 1.54) is 22.5 Å². The summed E-state index contributed by atoms with van der Waals surface area (Å²) in [5, 5.41) is 0. The zero-order valence-corrected chi connectivity index (χ0v) is 14.9. The molecular weight excluding hydrogens is 343 g/mol. The molecule has 0 bridgehead atoms. The molecule has 2 aromatic carbocycles. The van der Waals surface area contributed by atoms with Crippen LogP contribution in [0.3, 0.4) is 0 Å². The van der Waals surface area contributed by atoms with Crippen LogP contribution in [0.25, 0.3) is 0 Å². The van der Waals surface area contributed by atoms with Crippen LogP contribution in [0.4, 0.5) is 10.1 Å². The molecule has 134 valence electrons. The van der Waals surface area contributed by atoms with Crippen molar-refractivity contribution in [3.8, 4) is 5.75 Å². The van der Waals surface area contributed by atoms with Gasteiger partial charge in [0, 0.05) is 26.2 Å². The van der Waals surface area contributed by atoms with Crippen LogP contribution in [0.5, 0.6) is 5.75 Å². The summed E-state index contributed by atoms with van der Waals surface area (Å²) in [6, 6.07) is 12.9. The van der Waals surface area contributed by atoms with Crippen LogP contribution in [0.2, 0.25) is 0 Å². The Morgan fingerprint density at radius 1 is 1.04 bits per heavy atom. The van der Waals surface area contributed by atoms with Crippen molar-refractivity contribution in [2.24, 2.45) is 0 Å². The smallest absolute Gasteiger partial charge is 0.243 e. The van der Waals surface area contributed by atoms with Crippen molar-refractivity contribution in [3.05, 3.63) is 54.3 Å². The maximum atomic E-state index is 13.4. The first kappa shape index (κ1) is 17.7. The molecule has 25 heavy (non-hydrogen) atoms. The summed E-state index contributed by atoms with van der Waals surface area (Å²) in [7, 11) is -3.68. The van der Waals surface area contributed by atoms with Gasteiger partial charge in [-0.05, 0) is 37.3 Å². The molecule has 1 saturated heterocycles. The Labute approximate surface area is 147 Å². The van der Waals surface area contributed by atoms with Crippen LogP contribution in [0.1, 0.15) is 6.92 Å². The van der Waals surface area contributed by atoms with Crippen molar-refractivity contribution in [2.45, 2.75) is 11.8 Å². The van der Waals surface area contributed by atoms with E-state index in [2.05, 4.69) is 4.90 Å². The minimum absolute atomic E-state index is 0.00401. The second-order valence-electron chi connectivity index (χ2n) is 5.75. The van der Waals surface area contributed by atoms with Gasteiger partial charge in [0.15, 0.2) is 0 Å². The van der Waals surface area contributed by atoms with Gasteiger partial charge < -0.3 is 9.64 Å². The third-order valence-corrected chi connectivity index (χ3v) is 6.07. The monoisotopic (exact) mass is 364 g/mol. The van der Waals surface area contributed by atoms with Gasteiger partial charge in [0.25, 0.3) is 0 Å². The van der Waals surface area contributed by atoms with E-state index in [0.717, 1.165) is 17.5 Å². The van der Waals surface area contributed by atoms with Gasteiger partial charge in [0.1, 0.15) is 11.6 Å². The number of piperazine rings is 1. The van der Waals surface area contributed by atoms with Gasteiger partial charge in [0.2, 0.25) is 10.0 Å². The van der Waals surface area contributed by atoms with Crippen molar-refractivity contribution in [1.82, 2.24) is 4.31 Å². The average Bonchev–Trinajstić information content (AvgIpc) is 2.63. The minimum Gasteiger partial charge on any atom is -0.492 e. The molecule has 1 fully saturated rings. The van der Waals surface area contributed by atoms with E-state index in [9.17, 15) is 12.8 Å². The highest BCUT2D eigenvalue weighted by molar-refractivity contribution is 7.89. The molecule has 0 atom stereocenters. The number of para-hydroxylation sites is 2. The predicted molar refractivity (Wildman–Crippen MR) is 95.0 cm³/mol. The summed E-state index contributed by atoms with van der Waals surface area (Å²) in [5.74, 6) is 0.247. The van der Waals surface area contributed by atoms with Crippen molar-refractivity contribution >= 4 is 15.7 Å². The van der Waals surface area contributed by atoms with Gasteiger partial charge in [-0.1, -0.05) is 18.2 Å². The molecule has 0 radical (unpaired) electrons. The third-order valence-electron chi connectivity index (χ3n) is 4.18. The van der Waals surface area contributed by atoms with Crippen LogP contribution >= 0.6 is 0 Å². The molecule has 0 spiro atoms. The van der Waals surface area contributed by atoms with Gasteiger partial charge in [0.05, 0.1) is 17.2 Å². The fourth-order valence-electron chi connectivity index (χ4n) is 2.94. The summed E-state index contributed by atoms with van der Waals surface area (Å²) in [5.41, 5.74) is 0.965. The van der Waals surface area contributed by atoms with Gasteiger partial charge in [-0.25, -0.2) is 12.8 Å². The molecule has 5 nitrogen and oxygen atoms in total. The Bertz CT molecular complexity index is 834. The maximum Gasteiger partial charge on any atom is 0.243 e. The lowest BCUT2D eigenvalue weighted by Gasteiger charge is -2.36. The van der Waals surface area contributed by atoms with Gasteiger partial charge in [-0.3, -0.25) is 0 Å². The molecule has 1 aliphatic heterocycles. The summed E-state index contributed by atoms with van der Waals surface area (Å²) in [6.45, 7) is 4.31. The fourth-order valence-corrected chi connectivity index (χ4v) is 4.40. The number of sulfonamides is 1. The number of anilines is 1. The lowest BCUT2D eigenvalue weighted by molar-refractivity contribution is 0.337. The van der Waals surface area contributed by atoms with E-state index >= 15 is 0 Å². The van der Waals surface area contributed by atoms with Gasteiger partial charge >= 0.3 is 0 Å². The lowest BCUT2D eigenvalue weighted by atomic mass is 10.2. The van der Waals surface area contributed by atoms with Crippen LogP contribution in [-0.2, 0) is 10.0 Å². The number of hydrogen-bond donors (Lipinski definition) is 0. The zero-order chi connectivity index (χ0) is 17.9. The predicted octanol–water partition coefficient (Wildman–Crippen LogP) is 2.74. The highest BCUT2D eigenvalue weighted by atomic mass is 32.2. The van der Waals surface area contributed by atoms with Crippen molar-refractivity contribution in [3.63, 3.8) is 0 Å². The number of rotatable bonds is 5. The van der Waals surface area contributed by atoms with E-state index in [1.807, 2.05) is 31.2 Å². The molecule has 1 aliphatic rings. The third kappa shape index (κ3) is 3.77. The number of hydrogen-bond acceptors (Lipinski definition) is 4. The molecule has 0 unspecified atom stereocenters. The molecule has 0 aromatic heterocycles. The van der Waals surface area contributed by atoms with E-state index in [0.29, 0.717) is 32.8 Å². The lowest BCUT2D eigenvalue weighted by Crippen LogP contribution is -2.48. The highest BCUT2D eigenvalue weighted by Crippen LogP contribution is 2.29. The molecule has 1 heterocycles. The first-order valence-corrected chi connectivity index (χ1v) is 9.69. The normalized spacial score (nSPS) is 16.0. The van der Waals surface area contributed by atoms with Crippen LogP contribution in [0.15, 0.2) is 53.4 Å². The molecule has 7 heteroatoms. The fraction of sp³-hybridized carbons (Fsp3) is 0.333. The summed E-state index contributed by atoms with van der Waals surface area (Å²) >= 11 is 0. The standard InChI is InChI=1S/C18H21FN2O3S/c1-2-24-18-9-4-3-8-17(18)20-10-12-21(13-11-20)25(22,23)16-7-5-6-15(19)14-16/h3-9,14H,2,10-13H2,1H3. The van der Waals surface area contributed by atoms with E-state index < -0.39 is 15.8 Å². The zero-order valence-electron chi connectivity index (χ0n) is 14.1.